The van der Waals surface area contributed by atoms with Gasteiger partial charge in [-0.05, 0) is 30.7 Å². The highest BCUT2D eigenvalue weighted by Crippen LogP contribution is 2.26. The van der Waals surface area contributed by atoms with Crippen LogP contribution < -0.4 is 5.32 Å². The molecule has 3 nitrogen and oxygen atoms in total. The molecule has 0 amide bonds. The normalized spacial score (nSPS) is 10.8. The Bertz CT molecular complexity index is 505. The minimum atomic E-state index is 0.598. The van der Waals surface area contributed by atoms with Crippen LogP contribution in [-0.4, -0.2) is 13.7 Å². The van der Waals surface area contributed by atoms with Gasteiger partial charge < -0.3 is 14.5 Å². The van der Waals surface area contributed by atoms with Crippen molar-refractivity contribution in [3.05, 3.63) is 47.7 Å². The van der Waals surface area contributed by atoms with Crippen molar-refractivity contribution in [2.45, 2.75) is 26.5 Å². The van der Waals surface area contributed by atoms with Crippen molar-refractivity contribution in [1.29, 1.82) is 0 Å². The van der Waals surface area contributed by atoms with Crippen molar-refractivity contribution < 1.29 is 9.15 Å². The van der Waals surface area contributed by atoms with E-state index in [4.69, 9.17) is 9.15 Å². The van der Waals surface area contributed by atoms with Crippen molar-refractivity contribution in [1.82, 2.24) is 5.32 Å². The van der Waals surface area contributed by atoms with Crippen molar-refractivity contribution in [2.75, 3.05) is 13.7 Å². The van der Waals surface area contributed by atoms with Gasteiger partial charge in [-0.3, -0.25) is 0 Å². The Morgan fingerprint density at radius 3 is 2.79 bits per heavy atom. The molecule has 1 heterocycles. The van der Waals surface area contributed by atoms with E-state index in [1.165, 1.54) is 0 Å². The van der Waals surface area contributed by atoms with E-state index in [0.717, 1.165) is 42.2 Å². The molecule has 1 aromatic heterocycles. The van der Waals surface area contributed by atoms with Gasteiger partial charge in [-0.1, -0.05) is 31.2 Å². The number of nitrogens with one attached hydrogen (secondary N) is 1. The minimum Gasteiger partial charge on any atom is -0.460 e. The highest BCUT2D eigenvalue weighted by molar-refractivity contribution is 5.62. The SMILES string of the molecule is CCCNCc1ccc(-c2ccccc2COC)o1. The summed E-state index contributed by atoms with van der Waals surface area (Å²) >= 11 is 0. The quantitative estimate of drug-likeness (QED) is 0.772. The minimum absolute atomic E-state index is 0.598. The van der Waals surface area contributed by atoms with Gasteiger partial charge in [0.05, 0.1) is 13.2 Å². The van der Waals surface area contributed by atoms with Gasteiger partial charge in [-0.2, -0.15) is 0 Å². The predicted octanol–water partition coefficient (Wildman–Crippen LogP) is 3.59. The van der Waals surface area contributed by atoms with Crippen LogP contribution >= 0.6 is 0 Å². The standard InChI is InChI=1S/C16H21NO2/c1-3-10-17-11-14-8-9-16(19-14)15-7-5-4-6-13(15)12-18-2/h4-9,17H,3,10-12H2,1-2H3. The summed E-state index contributed by atoms with van der Waals surface area (Å²) in [5, 5.41) is 3.34. The Labute approximate surface area is 114 Å². The number of ether oxygens (including phenoxy) is 1. The van der Waals surface area contributed by atoms with Crippen LogP contribution in [0.2, 0.25) is 0 Å². The highest BCUT2D eigenvalue weighted by Gasteiger charge is 2.08. The average molecular weight is 259 g/mol. The third-order valence-electron chi connectivity index (χ3n) is 2.97. The second-order valence-electron chi connectivity index (χ2n) is 4.53. The molecule has 1 aromatic carbocycles. The highest BCUT2D eigenvalue weighted by atomic mass is 16.5. The Balaban J connectivity index is 2.13. The van der Waals surface area contributed by atoms with Gasteiger partial charge in [0.25, 0.3) is 0 Å². The zero-order valence-corrected chi connectivity index (χ0v) is 11.6. The fraction of sp³-hybridized carbons (Fsp3) is 0.375. The summed E-state index contributed by atoms with van der Waals surface area (Å²) in [6.45, 7) is 4.54. The smallest absolute Gasteiger partial charge is 0.134 e. The molecule has 0 aliphatic carbocycles. The van der Waals surface area contributed by atoms with E-state index in [9.17, 15) is 0 Å². The van der Waals surface area contributed by atoms with Crippen molar-refractivity contribution in [3.63, 3.8) is 0 Å². The number of rotatable bonds is 7. The first-order chi connectivity index (χ1) is 9.35. The molecule has 0 radical (unpaired) electrons. The lowest BCUT2D eigenvalue weighted by molar-refractivity contribution is 0.185. The van der Waals surface area contributed by atoms with E-state index in [1.54, 1.807) is 7.11 Å². The van der Waals surface area contributed by atoms with E-state index in [-0.39, 0.29) is 0 Å². The van der Waals surface area contributed by atoms with Gasteiger partial charge in [-0.15, -0.1) is 0 Å². The molecule has 0 spiro atoms. The Hall–Kier alpha value is -1.58. The molecule has 102 valence electrons. The second kappa shape index (κ2) is 7.12. The maximum atomic E-state index is 5.89. The zero-order chi connectivity index (χ0) is 13.5. The topological polar surface area (TPSA) is 34.4 Å². The van der Waals surface area contributed by atoms with Crippen LogP contribution in [0.4, 0.5) is 0 Å². The van der Waals surface area contributed by atoms with Gasteiger partial charge in [0.15, 0.2) is 0 Å². The molecule has 0 bridgehead atoms. The maximum absolute atomic E-state index is 5.89. The van der Waals surface area contributed by atoms with Crippen LogP contribution in [-0.2, 0) is 17.9 Å². The van der Waals surface area contributed by atoms with Crippen LogP contribution in [0.25, 0.3) is 11.3 Å². The molecule has 2 aromatic rings. The second-order valence-corrected chi connectivity index (χ2v) is 4.53. The van der Waals surface area contributed by atoms with Crippen LogP contribution in [0.3, 0.4) is 0 Å². The molecule has 2 rings (SSSR count). The summed E-state index contributed by atoms with van der Waals surface area (Å²) in [5.74, 6) is 1.87. The molecule has 3 heteroatoms. The summed E-state index contributed by atoms with van der Waals surface area (Å²) in [5.41, 5.74) is 2.25. The van der Waals surface area contributed by atoms with E-state index in [2.05, 4.69) is 24.4 Å². The first-order valence-corrected chi connectivity index (χ1v) is 6.71. The Kier molecular flexibility index (Phi) is 5.19. The van der Waals surface area contributed by atoms with E-state index in [1.807, 2.05) is 24.3 Å². The van der Waals surface area contributed by atoms with Crippen LogP contribution in [0.5, 0.6) is 0 Å². The molecule has 1 N–H and O–H groups in total. The van der Waals surface area contributed by atoms with Gasteiger partial charge in [-0.25, -0.2) is 0 Å². The largest absolute Gasteiger partial charge is 0.460 e. The van der Waals surface area contributed by atoms with Crippen molar-refractivity contribution >= 4 is 0 Å². The Morgan fingerprint density at radius 1 is 1.16 bits per heavy atom. The molecule has 0 fully saturated rings. The molecule has 0 atom stereocenters. The van der Waals surface area contributed by atoms with Gasteiger partial charge in [0.2, 0.25) is 0 Å². The van der Waals surface area contributed by atoms with Gasteiger partial charge >= 0.3 is 0 Å². The van der Waals surface area contributed by atoms with Gasteiger partial charge in [0.1, 0.15) is 11.5 Å². The predicted molar refractivity (Wildman–Crippen MR) is 76.9 cm³/mol. The molecule has 0 aliphatic heterocycles. The zero-order valence-electron chi connectivity index (χ0n) is 11.6. The molecule has 0 saturated carbocycles. The number of benzene rings is 1. The van der Waals surface area contributed by atoms with E-state index < -0.39 is 0 Å². The first-order valence-electron chi connectivity index (χ1n) is 6.71. The summed E-state index contributed by atoms with van der Waals surface area (Å²) in [7, 11) is 1.71. The maximum Gasteiger partial charge on any atom is 0.134 e. The fourth-order valence-electron chi connectivity index (χ4n) is 2.05. The summed E-state index contributed by atoms with van der Waals surface area (Å²) in [6, 6.07) is 12.2. The lowest BCUT2D eigenvalue weighted by Gasteiger charge is -2.06. The van der Waals surface area contributed by atoms with Crippen LogP contribution in [0.1, 0.15) is 24.7 Å². The molecule has 0 unspecified atom stereocenters. The summed E-state index contributed by atoms with van der Waals surface area (Å²) in [6.07, 6.45) is 1.13. The fourth-order valence-corrected chi connectivity index (χ4v) is 2.05. The first kappa shape index (κ1) is 13.8. The molecule has 0 aliphatic rings. The molecular weight excluding hydrogens is 238 g/mol. The summed E-state index contributed by atoms with van der Waals surface area (Å²) < 4.78 is 11.1. The average Bonchev–Trinajstić information content (AvgIpc) is 2.89. The van der Waals surface area contributed by atoms with Crippen molar-refractivity contribution in [3.8, 4) is 11.3 Å². The number of hydrogen-bond donors (Lipinski definition) is 1. The third-order valence-corrected chi connectivity index (χ3v) is 2.97. The number of furan rings is 1. The summed E-state index contributed by atoms with van der Waals surface area (Å²) in [4.78, 5) is 0. The van der Waals surface area contributed by atoms with E-state index >= 15 is 0 Å². The lowest BCUT2D eigenvalue weighted by Crippen LogP contribution is -2.12. The Morgan fingerprint density at radius 2 is 2.00 bits per heavy atom. The number of methoxy groups -OCH3 is 1. The lowest BCUT2D eigenvalue weighted by atomic mass is 10.1. The molecule has 19 heavy (non-hydrogen) atoms. The van der Waals surface area contributed by atoms with E-state index in [0.29, 0.717) is 6.61 Å². The van der Waals surface area contributed by atoms with Crippen molar-refractivity contribution in [2.24, 2.45) is 0 Å². The monoisotopic (exact) mass is 259 g/mol. The van der Waals surface area contributed by atoms with Crippen LogP contribution in [0.15, 0.2) is 40.8 Å². The van der Waals surface area contributed by atoms with Crippen LogP contribution in [0, 0.1) is 0 Å². The third kappa shape index (κ3) is 3.69. The molecular formula is C16H21NO2. The number of hydrogen-bond acceptors (Lipinski definition) is 3. The van der Waals surface area contributed by atoms with Gasteiger partial charge in [0, 0.05) is 12.7 Å². The molecule has 0 saturated heterocycles.